The number of rotatable bonds is 5. The van der Waals surface area contributed by atoms with E-state index in [0.29, 0.717) is 17.9 Å². The third-order valence-corrected chi connectivity index (χ3v) is 6.80. The molecule has 29 heavy (non-hydrogen) atoms. The summed E-state index contributed by atoms with van der Waals surface area (Å²) in [6, 6.07) is 23.9. The molecular weight excluding hydrogens is 358 g/mol. The lowest BCUT2D eigenvalue weighted by Crippen LogP contribution is -2.44. The Morgan fingerprint density at radius 2 is 1.62 bits per heavy atom. The maximum Gasteiger partial charge on any atom is 0.166 e. The van der Waals surface area contributed by atoms with Crippen LogP contribution in [0.25, 0.3) is 10.8 Å². The molecule has 0 saturated carbocycles. The van der Waals surface area contributed by atoms with Crippen LogP contribution in [0.2, 0.25) is 0 Å². The summed E-state index contributed by atoms with van der Waals surface area (Å²) in [6.07, 6.45) is 4.42. The molecule has 2 atom stereocenters. The highest BCUT2D eigenvalue weighted by Gasteiger charge is 2.42. The zero-order valence-corrected chi connectivity index (χ0v) is 16.9. The number of carbonyl (C=O) groups is 1. The molecule has 0 spiro atoms. The summed E-state index contributed by atoms with van der Waals surface area (Å²) >= 11 is 0. The topological polar surface area (TPSA) is 29.5 Å². The molecule has 2 bridgehead atoms. The Bertz CT molecular complexity index is 1020. The second-order valence-electron chi connectivity index (χ2n) is 8.50. The van der Waals surface area contributed by atoms with Gasteiger partial charge in [0.25, 0.3) is 0 Å². The molecule has 0 N–H and O–H groups in total. The number of ketones is 1. The van der Waals surface area contributed by atoms with E-state index >= 15 is 0 Å². The number of Topliss-reactive ketones (excluding diaryl/α,β-unsaturated/α-hetero) is 1. The van der Waals surface area contributed by atoms with Gasteiger partial charge in [-0.25, -0.2) is 0 Å². The van der Waals surface area contributed by atoms with Gasteiger partial charge in [-0.1, -0.05) is 48.5 Å². The highest BCUT2D eigenvalue weighted by molar-refractivity contribution is 6.01. The van der Waals surface area contributed by atoms with E-state index in [2.05, 4.69) is 41.3 Å². The lowest BCUT2D eigenvalue weighted by atomic mass is 9.84. The highest BCUT2D eigenvalue weighted by atomic mass is 16.5. The van der Waals surface area contributed by atoms with Gasteiger partial charge in [-0.2, -0.15) is 0 Å². The van der Waals surface area contributed by atoms with Crippen LogP contribution in [-0.2, 0) is 6.54 Å². The number of piperidine rings is 1. The summed E-state index contributed by atoms with van der Waals surface area (Å²) in [6.45, 7) is 1.01. The average Bonchev–Trinajstić information content (AvgIpc) is 2.99. The molecule has 0 aromatic heterocycles. The van der Waals surface area contributed by atoms with E-state index in [4.69, 9.17) is 4.74 Å². The van der Waals surface area contributed by atoms with Crippen LogP contribution in [0.1, 0.15) is 41.6 Å². The van der Waals surface area contributed by atoms with Crippen LogP contribution < -0.4 is 4.74 Å². The second-order valence-corrected chi connectivity index (χ2v) is 8.50. The first-order chi connectivity index (χ1) is 14.2. The van der Waals surface area contributed by atoms with Crippen LogP contribution >= 0.6 is 0 Å². The Kier molecular flexibility index (Phi) is 4.84. The van der Waals surface area contributed by atoms with Crippen molar-refractivity contribution in [1.82, 2.24) is 4.90 Å². The van der Waals surface area contributed by atoms with E-state index < -0.39 is 0 Å². The van der Waals surface area contributed by atoms with Gasteiger partial charge in [0.2, 0.25) is 0 Å². The van der Waals surface area contributed by atoms with Gasteiger partial charge in [0.15, 0.2) is 5.78 Å². The fourth-order valence-electron chi connectivity index (χ4n) is 5.28. The van der Waals surface area contributed by atoms with Gasteiger partial charge in [0.1, 0.15) is 5.75 Å². The van der Waals surface area contributed by atoms with Gasteiger partial charge in [-0.3, -0.25) is 9.69 Å². The van der Waals surface area contributed by atoms with Crippen LogP contribution in [-0.4, -0.2) is 29.9 Å². The summed E-state index contributed by atoms with van der Waals surface area (Å²) in [5.74, 6) is 1.31. The van der Waals surface area contributed by atoms with E-state index in [1.807, 2.05) is 30.3 Å². The molecule has 3 aromatic carbocycles. The lowest BCUT2D eigenvalue weighted by Gasteiger charge is -2.38. The smallest absolute Gasteiger partial charge is 0.166 e. The number of ether oxygens (including phenoxy) is 1. The second kappa shape index (κ2) is 7.64. The predicted octanol–water partition coefficient (Wildman–Crippen LogP) is 5.47. The molecule has 3 aromatic rings. The molecule has 2 unspecified atom stereocenters. The van der Waals surface area contributed by atoms with E-state index in [9.17, 15) is 4.79 Å². The number of fused-ring (bicyclic) bond motifs is 3. The predicted molar refractivity (Wildman–Crippen MR) is 116 cm³/mol. The van der Waals surface area contributed by atoms with Crippen molar-refractivity contribution in [3.05, 3.63) is 77.9 Å². The van der Waals surface area contributed by atoms with Gasteiger partial charge >= 0.3 is 0 Å². The van der Waals surface area contributed by atoms with Crippen molar-refractivity contribution in [3.8, 4) is 5.75 Å². The molecule has 0 amide bonds. The largest absolute Gasteiger partial charge is 0.497 e. The maximum absolute atomic E-state index is 13.3. The Morgan fingerprint density at radius 1 is 0.931 bits per heavy atom. The monoisotopic (exact) mass is 385 g/mol. The summed E-state index contributed by atoms with van der Waals surface area (Å²) in [5, 5.41) is 2.21. The van der Waals surface area contributed by atoms with Crippen LogP contribution in [0.5, 0.6) is 5.75 Å². The third kappa shape index (κ3) is 3.56. The van der Waals surface area contributed by atoms with Crippen molar-refractivity contribution in [2.75, 3.05) is 7.11 Å². The molecule has 2 aliphatic rings. The maximum atomic E-state index is 13.3. The molecule has 2 aliphatic heterocycles. The summed E-state index contributed by atoms with van der Waals surface area (Å²) in [4.78, 5) is 16.0. The molecule has 0 aliphatic carbocycles. The van der Waals surface area contributed by atoms with E-state index in [-0.39, 0.29) is 5.92 Å². The third-order valence-electron chi connectivity index (χ3n) is 6.80. The van der Waals surface area contributed by atoms with Gasteiger partial charge in [-0.05, 0) is 60.2 Å². The molecular formula is C26H27NO2. The van der Waals surface area contributed by atoms with Gasteiger partial charge in [0, 0.05) is 30.1 Å². The molecule has 2 heterocycles. The molecule has 5 rings (SSSR count). The summed E-state index contributed by atoms with van der Waals surface area (Å²) in [7, 11) is 1.68. The van der Waals surface area contributed by atoms with Crippen LogP contribution in [0.15, 0.2) is 66.7 Å². The fraction of sp³-hybridized carbons (Fsp3) is 0.346. The lowest BCUT2D eigenvalue weighted by molar-refractivity contribution is 0.0678. The Labute approximate surface area is 172 Å². The summed E-state index contributed by atoms with van der Waals surface area (Å²) in [5.41, 5.74) is 2.22. The van der Waals surface area contributed by atoms with Crippen LogP contribution in [0, 0.1) is 5.92 Å². The number of hydrogen-bond acceptors (Lipinski definition) is 3. The van der Waals surface area contributed by atoms with Crippen molar-refractivity contribution in [1.29, 1.82) is 0 Å². The molecule has 3 heteroatoms. The minimum absolute atomic E-state index is 0.148. The molecule has 3 nitrogen and oxygen atoms in total. The normalized spacial score (nSPS) is 24.0. The average molecular weight is 386 g/mol. The number of nitrogens with zero attached hydrogens (tertiary/aromatic N) is 1. The highest BCUT2D eigenvalue weighted by Crippen LogP contribution is 2.41. The minimum Gasteiger partial charge on any atom is -0.497 e. The molecule has 148 valence electrons. The van der Waals surface area contributed by atoms with Gasteiger partial charge in [0.05, 0.1) is 7.11 Å². The summed E-state index contributed by atoms with van der Waals surface area (Å²) < 4.78 is 5.31. The van der Waals surface area contributed by atoms with Crippen molar-refractivity contribution in [2.45, 2.75) is 44.3 Å². The van der Waals surface area contributed by atoms with E-state index in [0.717, 1.165) is 41.5 Å². The van der Waals surface area contributed by atoms with Crippen molar-refractivity contribution in [3.63, 3.8) is 0 Å². The molecule has 2 saturated heterocycles. The van der Waals surface area contributed by atoms with Gasteiger partial charge in [-0.15, -0.1) is 0 Å². The zero-order valence-electron chi connectivity index (χ0n) is 16.9. The van der Waals surface area contributed by atoms with E-state index in [1.165, 1.54) is 18.4 Å². The molecule has 2 fully saturated rings. The number of carbonyl (C=O) groups excluding carboxylic acids is 1. The van der Waals surface area contributed by atoms with Crippen molar-refractivity contribution >= 4 is 16.6 Å². The number of hydrogen-bond donors (Lipinski definition) is 0. The quantitative estimate of drug-likeness (QED) is 0.545. The first kappa shape index (κ1) is 18.4. The standard InChI is InChI=1S/C26H27NO2/c1-29-25-12-9-19-13-21(8-7-20(19)16-25)26(28)22-14-23-10-11-24(15-22)27(23)17-18-5-3-2-4-6-18/h2-9,12-13,16,22-24H,10-11,14-15,17H2,1H3. The molecule has 0 radical (unpaired) electrons. The first-order valence-electron chi connectivity index (χ1n) is 10.6. The van der Waals surface area contributed by atoms with Crippen LogP contribution in [0.4, 0.5) is 0 Å². The zero-order chi connectivity index (χ0) is 19.8. The Balaban J connectivity index is 1.32. The Hall–Kier alpha value is -2.65. The Morgan fingerprint density at radius 3 is 2.34 bits per heavy atom. The minimum atomic E-state index is 0.148. The number of benzene rings is 3. The van der Waals surface area contributed by atoms with Crippen LogP contribution in [0.3, 0.4) is 0 Å². The fourth-order valence-corrected chi connectivity index (χ4v) is 5.28. The van der Waals surface area contributed by atoms with Gasteiger partial charge < -0.3 is 4.74 Å². The SMILES string of the molecule is COc1ccc2cc(C(=O)C3CC4CCC(C3)N4Cc3ccccc3)ccc2c1. The first-order valence-corrected chi connectivity index (χ1v) is 10.6. The van der Waals surface area contributed by atoms with Crippen molar-refractivity contribution < 1.29 is 9.53 Å². The van der Waals surface area contributed by atoms with Crippen molar-refractivity contribution in [2.24, 2.45) is 5.92 Å². The van der Waals surface area contributed by atoms with E-state index in [1.54, 1.807) is 7.11 Å². The number of methoxy groups -OCH3 is 1.